The van der Waals surface area contributed by atoms with Crippen LogP contribution in [0.2, 0.25) is 0 Å². The molecule has 256 valence electrons. The van der Waals surface area contributed by atoms with Crippen LogP contribution in [0.4, 0.5) is 34.1 Å². The van der Waals surface area contributed by atoms with Crippen LogP contribution in [0.1, 0.15) is 27.7 Å². The monoisotopic (exact) mass is 706 g/mol. The minimum Gasteiger partial charge on any atom is -0.443 e. The summed E-state index contributed by atoms with van der Waals surface area (Å²) < 4.78 is 30.8. The van der Waals surface area contributed by atoms with Gasteiger partial charge in [-0.25, -0.2) is 0 Å². The van der Waals surface area contributed by atoms with Crippen molar-refractivity contribution in [2.45, 2.75) is 27.7 Å². The van der Waals surface area contributed by atoms with E-state index in [0.29, 0.717) is 11.5 Å². The minimum absolute atomic E-state index is 0.611. The summed E-state index contributed by atoms with van der Waals surface area (Å²) in [5, 5.41) is 0. The molecule has 0 bridgehead atoms. The molecule has 0 amide bonds. The van der Waals surface area contributed by atoms with E-state index in [0.717, 1.165) is 56.9 Å². The van der Waals surface area contributed by atoms with Crippen LogP contribution < -0.4 is 4.74 Å². The van der Waals surface area contributed by atoms with Crippen LogP contribution in [0.5, 0.6) is 11.5 Å². The number of benzene rings is 2. The number of ether oxygens (including phenoxy) is 1. The van der Waals surface area contributed by atoms with Gasteiger partial charge in [-0.3, -0.25) is 0 Å². The molecule has 0 fully saturated rings. The second-order valence-corrected chi connectivity index (χ2v) is 13.6. The maximum absolute atomic E-state index is 7.22. The van der Waals surface area contributed by atoms with Gasteiger partial charge in [-0.2, -0.15) is 0 Å². The van der Waals surface area contributed by atoms with Crippen LogP contribution in [0.25, 0.3) is 0 Å². The van der Waals surface area contributed by atoms with Crippen molar-refractivity contribution in [1.29, 1.82) is 0 Å². The summed E-state index contributed by atoms with van der Waals surface area (Å²) in [6.45, 7) is 8.39. The first-order chi connectivity index (χ1) is 25.4. The molecule has 2 aromatic rings. The summed E-state index contributed by atoms with van der Waals surface area (Å²) in [6.07, 6.45) is 15.8. The molecule has 0 saturated carbocycles. The van der Waals surface area contributed by atoms with Gasteiger partial charge in [-0.1, -0.05) is 36.6 Å². The molecule has 13 nitrogen and oxygen atoms in total. The van der Waals surface area contributed by atoms with E-state index in [1.54, 1.807) is 0 Å². The largest absolute Gasteiger partial charge is 0.495 e. The van der Waals surface area contributed by atoms with Gasteiger partial charge in [-0.05, 0) is 18.3 Å². The van der Waals surface area contributed by atoms with E-state index in [1.807, 2.05) is 138 Å². The first kappa shape index (κ1) is 33.1. The molecule has 0 saturated heterocycles. The van der Waals surface area contributed by atoms with Crippen LogP contribution in [0.15, 0.2) is 96.7 Å². The Bertz CT molecular complexity index is 2640. The fraction of sp³-hybridized carbons (Fsp3) is 0.250. The van der Waals surface area contributed by atoms with Gasteiger partial charge in [0.05, 0.1) is 24.3 Å². The van der Waals surface area contributed by atoms with Gasteiger partial charge in [-0.15, -0.1) is 0 Å². The normalized spacial score (nSPS) is 18.2. The summed E-state index contributed by atoms with van der Waals surface area (Å²) in [4.78, 5) is 0. The molecule has 0 spiro atoms. The number of hydrogen-bond acceptors (Lipinski definition) is 1. The van der Waals surface area contributed by atoms with Crippen LogP contribution >= 0.6 is 0 Å². The highest BCUT2D eigenvalue weighted by atomic mass is 16.5. The van der Waals surface area contributed by atoms with Gasteiger partial charge in [0.15, 0.2) is 42.3 Å². The van der Waals surface area contributed by atoms with Crippen LogP contribution in [0.3, 0.4) is 0 Å². The molecule has 6 aliphatic rings. The Hall–Kier alpha value is -7.04. The molecule has 0 unspecified atom stereocenters. The Balaban J connectivity index is 1.44. The number of hydrogen-bond donors (Lipinski definition) is 0. The van der Waals surface area contributed by atoms with Crippen LogP contribution in [0, 0.1) is 0 Å². The molecular formula is C40H42N12O+12. The van der Waals surface area contributed by atoms with Crippen molar-refractivity contribution in [2.75, 3.05) is 42.3 Å². The van der Waals surface area contributed by atoms with Gasteiger partial charge in [0, 0.05) is 27.7 Å². The molecule has 0 aliphatic carbocycles. The van der Waals surface area contributed by atoms with E-state index in [4.69, 9.17) is 4.74 Å². The van der Waals surface area contributed by atoms with Gasteiger partial charge in [0.1, 0.15) is 0 Å². The average molecular weight is 707 g/mol. The lowest BCUT2D eigenvalue weighted by atomic mass is 10.1. The first-order valence-electron chi connectivity index (χ1n) is 17.2. The lowest BCUT2D eigenvalue weighted by Crippen LogP contribution is -2.08. The maximum Gasteiger partial charge on any atom is 0.495 e. The summed E-state index contributed by atoms with van der Waals surface area (Å²) in [5.41, 5.74) is 9.43. The summed E-state index contributed by atoms with van der Waals surface area (Å²) >= 11 is 0. The van der Waals surface area contributed by atoms with E-state index in [-0.39, 0.29) is 0 Å². The second kappa shape index (κ2) is 12.3. The lowest BCUT2D eigenvalue weighted by molar-refractivity contribution is -0.450. The third-order valence-electron chi connectivity index (χ3n) is 9.90. The molecule has 53 heavy (non-hydrogen) atoms. The fourth-order valence-electron chi connectivity index (χ4n) is 6.52. The Labute approximate surface area is 307 Å². The molecular weight excluding hydrogens is 665 g/mol. The van der Waals surface area contributed by atoms with Gasteiger partial charge >= 0.3 is 58.8 Å². The SMILES string of the molecule is CC1=C(C)[N+](c2cc(Oc3cc([N+]4=C=[N+](C)C(C)=C4C)c([N+]4=C=[N+](C)C=C4)cc3[N+]3=C=[N+](C)C=C3)c([N+]3=C=[N+](C)C=C3)cc2[N+]2=C=[N+](C)C=C2)=C=[N+]1C. The molecule has 0 radical (unpaired) electrons. The van der Waals surface area contributed by atoms with E-state index in [1.165, 1.54) is 0 Å². The molecule has 2 aromatic carbocycles. The fourth-order valence-corrected chi connectivity index (χ4v) is 6.52. The van der Waals surface area contributed by atoms with Gasteiger partial charge in [0.25, 0.3) is 59.0 Å². The molecule has 0 aromatic heterocycles. The number of allylic oxidation sites excluding steroid dienone is 4. The topological polar surface area (TPSA) is 45.3 Å². The molecule has 0 N–H and O–H groups in total. The van der Waals surface area contributed by atoms with Crippen molar-refractivity contribution >= 4 is 70.2 Å². The minimum atomic E-state index is 0.611. The standard InChI is InChI=1S/C40H42N12O/c1-29-31(3)51(27-45(29)9)35-21-39(37(49-17-13-43(7)25-49)19-33(35)47-15-11-41(5)23-47)53-40-22-36(52-28-46(10)30(2)32(52)4)34(48-16-12-42(6)24-48)20-38(40)50-18-14-44(8)26-50/h11-22H,1-10H3/q+12. The molecule has 8 rings (SSSR count). The van der Waals surface area contributed by atoms with Crippen molar-refractivity contribution in [1.82, 2.24) is 0 Å². The van der Waals surface area contributed by atoms with Crippen molar-refractivity contribution < 1.29 is 59.6 Å². The van der Waals surface area contributed by atoms with E-state index < -0.39 is 0 Å². The Morgan fingerprint density at radius 1 is 0.358 bits per heavy atom. The molecule has 13 heteroatoms. The third kappa shape index (κ3) is 5.67. The zero-order chi connectivity index (χ0) is 37.3. The summed E-state index contributed by atoms with van der Waals surface area (Å²) in [7, 11) is 11.8. The predicted octanol–water partition coefficient (Wildman–Crippen LogP) is 4.71. The Morgan fingerprint density at radius 3 is 0.943 bits per heavy atom. The van der Waals surface area contributed by atoms with Crippen molar-refractivity contribution in [3.63, 3.8) is 0 Å². The van der Waals surface area contributed by atoms with Crippen LogP contribution in [-0.2, 0) is 0 Å². The lowest BCUT2D eigenvalue weighted by Gasteiger charge is -2.09. The molecule has 0 atom stereocenters. The summed E-state index contributed by atoms with van der Waals surface area (Å²) in [6, 6.07) is 29.0. The Morgan fingerprint density at radius 2 is 0.679 bits per heavy atom. The highest BCUT2D eigenvalue weighted by Crippen LogP contribution is 2.47. The quantitative estimate of drug-likeness (QED) is 0.367. The zero-order valence-corrected chi connectivity index (χ0v) is 31.7. The van der Waals surface area contributed by atoms with Gasteiger partial charge in [0.2, 0.25) is 36.3 Å². The summed E-state index contributed by atoms with van der Waals surface area (Å²) in [5.74, 6) is 1.22. The average Bonchev–Trinajstić information content (AvgIpc) is 4.00. The smallest absolute Gasteiger partial charge is 0.443 e. The molecule has 6 heterocycles. The van der Waals surface area contributed by atoms with E-state index in [9.17, 15) is 0 Å². The van der Waals surface area contributed by atoms with Crippen molar-refractivity contribution in [3.8, 4) is 11.5 Å². The van der Waals surface area contributed by atoms with Gasteiger partial charge < -0.3 is 4.74 Å². The highest BCUT2D eigenvalue weighted by Gasteiger charge is 2.43. The molecule has 6 aliphatic heterocycles. The van der Waals surface area contributed by atoms with Crippen molar-refractivity contribution in [3.05, 3.63) is 96.7 Å². The second-order valence-electron chi connectivity index (χ2n) is 13.6. The predicted molar refractivity (Wildman–Crippen MR) is 193 cm³/mol. The van der Waals surface area contributed by atoms with E-state index >= 15 is 0 Å². The zero-order valence-electron chi connectivity index (χ0n) is 31.7. The van der Waals surface area contributed by atoms with Crippen LogP contribution in [-0.4, -0.2) is 133 Å². The maximum atomic E-state index is 7.22. The van der Waals surface area contributed by atoms with E-state index in [2.05, 4.69) is 97.2 Å². The number of nitrogens with zero attached hydrogens (tertiary/aromatic N) is 12. The first-order valence-corrected chi connectivity index (χ1v) is 17.2. The third-order valence-corrected chi connectivity index (χ3v) is 9.90. The Kier molecular flexibility index (Phi) is 7.70. The number of rotatable bonds is 8. The van der Waals surface area contributed by atoms with Crippen molar-refractivity contribution in [2.24, 2.45) is 0 Å². The highest BCUT2D eigenvalue weighted by molar-refractivity contribution is 5.72.